The Kier molecular flexibility index (Phi) is 3.27. The molecule has 1 N–H and O–H groups in total. The molecule has 0 saturated heterocycles. The van der Waals surface area contributed by atoms with Gasteiger partial charge in [-0.1, -0.05) is 24.6 Å². The lowest BCUT2D eigenvalue weighted by Crippen LogP contribution is -2.15. The molecule has 0 aromatic heterocycles. The Balaban J connectivity index is 2.09. The second-order valence-electron chi connectivity index (χ2n) is 4.27. The Morgan fingerprint density at radius 2 is 2.13 bits per heavy atom. The number of hydrogen-bond acceptors (Lipinski definition) is 2. The second kappa shape index (κ2) is 4.67. The van der Waals surface area contributed by atoms with Crippen LogP contribution < -0.4 is 4.74 Å². The predicted octanol–water partition coefficient (Wildman–Crippen LogP) is 2.40. The fourth-order valence-corrected chi connectivity index (χ4v) is 2.41. The first kappa shape index (κ1) is 10.5. The van der Waals surface area contributed by atoms with Crippen LogP contribution in [-0.4, -0.2) is 18.3 Å². The molecule has 0 spiro atoms. The topological polar surface area (TPSA) is 29.5 Å². The van der Waals surface area contributed by atoms with Crippen molar-refractivity contribution in [3.05, 3.63) is 29.8 Å². The molecule has 1 aliphatic carbocycles. The molecule has 15 heavy (non-hydrogen) atoms. The maximum atomic E-state index is 9.77. The minimum absolute atomic E-state index is 0.116. The lowest BCUT2D eigenvalue weighted by atomic mass is 9.96. The van der Waals surface area contributed by atoms with Gasteiger partial charge >= 0.3 is 0 Å². The van der Waals surface area contributed by atoms with E-state index in [1.54, 1.807) is 7.11 Å². The Hall–Kier alpha value is -1.02. The zero-order chi connectivity index (χ0) is 10.7. The van der Waals surface area contributed by atoms with Crippen molar-refractivity contribution >= 4 is 0 Å². The molecule has 2 heteroatoms. The third-order valence-electron chi connectivity index (χ3n) is 3.29. The van der Waals surface area contributed by atoms with Gasteiger partial charge in [0.05, 0.1) is 13.2 Å². The van der Waals surface area contributed by atoms with Crippen molar-refractivity contribution in [3.63, 3.8) is 0 Å². The number of benzene rings is 1. The van der Waals surface area contributed by atoms with E-state index < -0.39 is 0 Å². The van der Waals surface area contributed by atoms with E-state index in [4.69, 9.17) is 4.74 Å². The first-order chi connectivity index (χ1) is 7.31. The highest BCUT2D eigenvalue weighted by molar-refractivity contribution is 5.33. The normalized spacial score (nSPS) is 25.5. The van der Waals surface area contributed by atoms with E-state index >= 15 is 0 Å². The molecule has 2 atom stereocenters. The molecule has 1 saturated carbocycles. The van der Waals surface area contributed by atoms with E-state index in [2.05, 4.69) is 6.07 Å². The average Bonchev–Trinajstić information content (AvgIpc) is 2.65. The summed E-state index contributed by atoms with van der Waals surface area (Å²) in [6.07, 6.45) is 4.07. The SMILES string of the molecule is COc1ccccc1C[C@H]1CCC[C@@H]1O. The quantitative estimate of drug-likeness (QED) is 0.823. The lowest BCUT2D eigenvalue weighted by Gasteiger charge is -2.16. The Bertz CT molecular complexity index is 322. The number of methoxy groups -OCH3 is 1. The second-order valence-corrected chi connectivity index (χ2v) is 4.27. The maximum Gasteiger partial charge on any atom is 0.122 e. The summed E-state index contributed by atoms with van der Waals surface area (Å²) in [4.78, 5) is 0. The van der Waals surface area contributed by atoms with Gasteiger partial charge in [-0.15, -0.1) is 0 Å². The van der Waals surface area contributed by atoms with Gasteiger partial charge in [-0.3, -0.25) is 0 Å². The van der Waals surface area contributed by atoms with E-state index in [9.17, 15) is 5.11 Å². The maximum absolute atomic E-state index is 9.77. The highest BCUT2D eigenvalue weighted by Crippen LogP contribution is 2.31. The lowest BCUT2D eigenvalue weighted by molar-refractivity contribution is 0.132. The fourth-order valence-electron chi connectivity index (χ4n) is 2.41. The van der Waals surface area contributed by atoms with Crippen LogP contribution in [-0.2, 0) is 6.42 Å². The monoisotopic (exact) mass is 206 g/mol. The molecule has 2 rings (SSSR count). The van der Waals surface area contributed by atoms with Crippen LogP contribution in [0.1, 0.15) is 24.8 Å². The number of aliphatic hydroxyl groups is 1. The van der Waals surface area contributed by atoms with Crippen molar-refractivity contribution in [2.45, 2.75) is 31.8 Å². The van der Waals surface area contributed by atoms with Crippen LogP contribution in [0.4, 0.5) is 0 Å². The van der Waals surface area contributed by atoms with Crippen molar-refractivity contribution in [2.75, 3.05) is 7.11 Å². The molecule has 82 valence electrons. The van der Waals surface area contributed by atoms with Gasteiger partial charge in [-0.25, -0.2) is 0 Å². The average molecular weight is 206 g/mol. The summed E-state index contributed by atoms with van der Waals surface area (Å²) < 4.78 is 5.31. The molecule has 0 amide bonds. The summed E-state index contributed by atoms with van der Waals surface area (Å²) in [7, 11) is 1.70. The molecule has 0 unspecified atom stereocenters. The van der Waals surface area contributed by atoms with Gasteiger partial charge in [0, 0.05) is 0 Å². The predicted molar refractivity (Wildman–Crippen MR) is 60.0 cm³/mol. The van der Waals surface area contributed by atoms with Crippen molar-refractivity contribution in [1.82, 2.24) is 0 Å². The van der Waals surface area contributed by atoms with Crippen LogP contribution in [0.15, 0.2) is 24.3 Å². The summed E-state index contributed by atoms with van der Waals surface area (Å²) in [6.45, 7) is 0. The summed E-state index contributed by atoms with van der Waals surface area (Å²) >= 11 is 0. The number of para-hydroxylation sites is 1. The molecule has 1 fully saturated rings. The van der Waals surface area contributed by atoms with E-state index in [1.165, 1.54) is 5.56 Å². The van der Waals surface area contributed by atoms with Crippen molar-refractivity contribution < 1.29 is 9.84 Å². The molecule has 1 aliphatic rings. The summed E-state index contributed by atoms with van der Waals surface area (Å²) in [5.74, 6) is 1.36. The Labute approximate surface area is 90.9 Å². The Morgan fingerprint density at radius 3 is 2.80 bits per heavy atom. The Morgan fingerprint density at radius 1 is 1.33 bits per heavy atom. The van der Waals surface area contributed by atoms with Gasteiger partial charge in [-0.05, 0) is 36.8 Å². The van der Waals surface area contributed by atoms with E-state index in [0.29, 0.717) is 5.92 Å². The van der Waals surface area contributed by atoms with Gasteiger partial charge in [0.15, 0.2) is 0 Å². The third-order valence-corrected chi connectivity index (χ3v) is 3.29. The number of ether oxygens (including phenoxy) is 1. The van der Waals surface area contributed by atoms with Gasteiger partial charge in [-0.2, -0.15) is 0 Å². The summed E-state index contributed by atoms with van der Waals surface area (Å²) in [6, 6.07) is 8.08. The van der Waals surface area contributed by atoms with E-state index in [0.717, 1.165) is 31.4 Å². The van der Waals surface area contributed by atoms with Gasteiger partial charge in [0.1, 0.15) is 5.75 Å². The molecular formula is C13H18O2. The molecule has 1 aromatic carbocycles. The zero-order valence-electron chi connectivity index (χ0n) is 9.15. The number of aliphatic hydroxyl groups excluding tert-OH is 1. The molecule has 0 aliphatic heterocycles. The smallest absolute Gasteiger partial charge is 0.122 e. The van der Waals surface area contributed by atoms with E-state index in [1.807, 2.05) is 18.2 Å². The molecular weight excluding hydrogens is 188 g/mol. The van der Waals surface area contributed by atoms with Crippen molar-refractivity contribution in [3.8, 4) is 5.75 Å². The van der Waals surface area contributed by atoms with Crippen LogP contribution in [0.25, 0.3) is 0 Å². The minimum atomic E-state index is -0.116. The van der Waals surface area contributed by atoms with E-state index in [-0.39, 0.29) is 6.10 Å². The highest BCUT2D eigenvalue weighted by Gasteiger charge is 2.25. The summed E-state index contributed by atoms with van der Waals surface area (Å²) in [5, 5.41) is 9.77. The summed E-state index contributed by atoms with van der Waals surface area (Å²) in [5.41, 5.74) is 1.21. The van der Waals surface area contributed by atoms with Crippen LogP contribution in [0.2, 0.25) is 0 Å². The van der Waals surface area contributed by atoms with Gasteiger partial charge in [0.2, 0.25) is 0 Å². The van der Waals surface area contributed by atoms with Gasteiger partial charge in [0.25, 0.3) is 0 Å². The standard InChI is InChI=1S/C13H18O2/c1-15-13-8-3-2-5-11(13)9-10-6-4-7-12(10)14/h2-3,5,8,10,12,14H,4,6-7,9H2,1H3/t10-,12+/m1/s1. The highest BCUT2D eigenvalue weighted by atomic mass is 16.5. The van der Waals surface area contributed by atoms with Gasteiger partial charge < -0.3 is 9.84 Å². The molecule has 2 nitrogen and oxygen atoms in total. The molecule has 0 heterocycles. The molecule has 0 radical (unpaired) electrons. The van der Waals surface area contributed by atoms with Crippen LogP contribution in [0, 0.1) is 5.92 Å². The number of hydrogen-bond donors (Lipinski definition) is 1. The van der Waals surface area contributed by atoms with Crippen LogP contribution in [0.3, 0.4) is 0 Å². The van der Waals surface area contributed by atoms with Crippen LogP contribution in [0.5, 0.6) is 5.75 Å². The van der Waals surface area contributed by atoms with Crippen molar-refractivity contribution in [1.29, 1.82) is 0 Å². The fraction of sp³-hybridized carbons (Fsp3) is 0.538. The molecule has 0 bridgehead atoms. The largest absolute Gasteiger partial charge is 0.496 e. The third kappa shape index (κ3) is 2.32. The molecule has 1 aromatic rings. The zero-order valence-corrected chi connectivity index (χ0v) is 9.15. The minimum Gasteiger partial charge on any atom is -0.496 e. The van der Waals surface area contributed by atoms with Crippen molar-refractivity contribution in [2.24, 2.45) is 5.92 Å². The first-order valence-electron chi connectivity index (χ1n) is 5.61. The van der Waals surface area contributed by atoms with Crippen LogP contribution >= 0.6 is 0 Å². The number of rotatable bonds is 3. The first-order valence-corrected chi connectivity index (χ1v) is 5.61.